The molecule has 1 aliphatic rings. The van der Waals surface area contributed by atoms with Crippen LogP contribution in [0.1, 0.15) is 36.0 Å². The Hall–Kier alpha value is -3.97. The quantitative estimate of drug-likeness (QED) is 0.387. The lowest BCUT2D eigenvalue weighted by Crippen LogP contribution is -2.49. The lowest BCUT2D eigenvalue weighted by Gasteiger charge is -2.29. The first-order chi connectivity index (χ1) is 17.1. The minimum atomic E-state index is -0.0934. The molecular formula is C28H27N5O2. The summed E-state index contributed by atoms with van der Waals surface area (Å²) in [6.07, 6.45) is 7.73. The molecule has 1 fully saturated rings. The second-order valence-electron chi connectivity index (χ2n) is 9.33. The first kappa shape index (κ1) is 21.6. The maximum absolute atomic E-state index is 13.0. The van der Waals surface area contributed by atoms with Crippen molar-refractivity contribution < 1.29 is 9.21 Å². The summed E-state index contributed by atoms with van der Waals surface area (Å²) in [4.78, 5) is 17.5. The third-order valence-corrected chi connectivity index (χ3v) is 7.02. The molecule has 7 nitrogen and oxygen atoms in total. The fourth-order valence-corrected chi connectivity index (χ4v) is 5.02. The van der Waals surface area contributed by atoms with Gasteiger partial charge in [-0.1, -0.05) is 37.1 Å². The van der Waals surface area contributed by atoms with Crippen molar-refractivity contribution in [2.75, 3.05) is 0 Å². The number of nitrogens with zero attached hydrogens (tertiary/aromatic N) is 3. The first-order valence-corrected chi connectivity index (χ1v) is 12.0. The number of fused-ring (bicyclic) bond motifs is 2. The van der Waals surface area contributed by atoms with E-state index in [-0.39, 0.29) is 18.0 Å². The van der Waals surface area contributed by atoms with Crippen LogP contribution in [-0.2, 0) is 7.05 Å². The van der Waals surface area contributed by atoms with Crippen molar-refractivity contribution in [1.29, 1.82) is 0 Å². The predicted octanol–water partition coefficient (Wildman–Crippen LogP) is 5.05. The number of carbonyl (C=O) groups excluding carboxylic acids is 1. The Morgan fingerprint density at radius 3 is 2.86 bits per heavy atom. The third kappa shape index (κ3) is 3.98. The summed E-state index contributed by atoms with van der Waals surface area (Å²) < 4.78 is 8.18. The fourth-order valence-electron chi connectivity index (χ4n) is 5.02. The van der Waals surface area contributed by atoms with E-state index >= 15 is 0 Å². The Labute approximate surface area is 202 Å². The van der Waals surface area contributed by atoms with E-state index in [9.17, 15) is 4.79 Å². The molecule has 0 spiro atoms. The average Bonchev–Trinajstić information content (AvgIpc) is 3.49. The number of aromatic nitrogens is 3. The van der Waals surface area contributed by atoms with Gasteiger partial charge in [0.2, 0.25) is 0 Å². The van der Waals surface area contributed by atoms with E-state index in [1.54, 1.807) is 6.20 Å². The fraction of sp³-hybridized carbons (Fsp3) is 0.250. The molecule has 0 aliphatic heterocycles. The molecule has 0 unspecified atom stereocenters. The van der Waals surface area contributed by atoms with Crippen LogP contribution >= 0.6 is 0 Å². The Balaban J connectivity index is 1.34. The first-order valence-electron chi connectivity index (χ1n) is 12.0. The summed E-state index contributed by atoms with van der Waals surface area (Å²) in [5, 5.41) is 8.54. The number of amides is 1. The van der Waals surface area contributed by atoms with Crippen molar-refractivity contribution in [2.45, 2.75) is 37.8 Å². The summed E-state index contributed by atoms with van der Waals surface area (Å²) in [5.41, 5.74) is 12.1. The Bertz CT molecular complexity index is 1550. The smallest absolute Gasteiger partial charge is 0.251 e. The molecule has 3 heterocycles. The number of benzene rings is 2. The second-order valence-corrected chi connectivity index (χ2v) is 9.33. The molecule has 1 amide bonds. The molecule has 0 radical (unpaired) electrons. The van der Waals surface area contributed by atoms with Gasteiger partial charge in [0.05, 0.1) is 11.7 Å². The van der Waals surface area contributed by atoms with Crippen LogP contribution in [0.4, 0.5) is 0 Å². The molecular weight excluding hydrogens is 438 g/mol. The van der Waals surface area contributed by atoms with Gasteiger partial charge in [-0.25, -0.2) is 0 Å². The number of aryl methyl sites for hydroxylation is 1. The van der Waals surface area contributed by atoms with E-state index < -0.39 is 0 Å². The standard InChI is InChI=1S/C28H27N5O2/c1-33-25-14-18(9-10-20(25)16-31-33)26-15-24-27(35-26)21(11-12-30-24)17-5-4-6-19(13-17)28(34)32-23-8-3-2-7-22(23)29/h4-6,9-16,22-23H,2-3,7-8,29H2,1H3,(H,32,34)/t22-,23+/m0/s1. The van der Waals surface area contributed by atoms with Gasteiger partial charge in [-0.05, 0) is 42.7 Å². The van der Waals surface area contributed by atoms with Crippen LogP contribution in [0.3, 0.4) is 0 Å². The number of nitrogens with two attached hydrogens (primary N) is 1. The van der Waals surface area contributed by atoms with Gasteiger partial charge in [0, 0.05) is 53.5 Å². The van der Waals surface area contributed by atoms with Gasteiger partial charge in [-0.15, -0.1) is 0 Å². The summed E-state index contributed by atoms with van der Waals surface area (Å²) in [7, 11) is 1.93. The van der Waals surface area contributed by atoms with Crippen molar-refractivity contribution in [1.82, 2.24) is 20.1 Å². The van der Waals surface area contributed by atoms with Crippen LogP contribution in [0.5, 0.6) is 0 Å². The number of furan rings is 1. The minimum absolute atomic E-state index is 0.0165. The Kier molecular flexibility index (Phi) is 5.34. The van der Waals surface area contributed by atoms with Gasteiger partial charge in [0.1, 0.15) is 11.3 Å². The van der Waals surface area contributed by atoms with E-state index in [0.717, 1.165) is 64.6 Å². The Morgan fingerprint density at radius 2 is 1.97 bits per heavy atom. The highest BCUT2D eigenvalue weighted by Gasteiger charge is 2.24. The predicted molar refractivity (Wildman–Crippen MR) is 137 cm³/mol. The summed E-state index contributed by atoms with van der Waals surface area (Å²) in [6, 6.07) is 17.7. The van der Waals surface area contributed by atoms with Gasteiger partial charge in [0.15, 0.2) is 5.58 Å². The molecule has 1 aliphatic carbocycles. The van der Waals surface area contributed by atoms with Crippen LogP contribution in [0, 0.1) is 0 Å². The molecule has 0 saturated heterocycles. The zero-order valence-corrected chi connectivity index (χ0v) is 19.6. The molecule has 3 aromatic heterocycles. The molecule has 2 aromatic carbocycles. The van der Waals surface area contributed by atoms with E-state index in [0.29, 0.717) is 11.1 Å². The van der Waals surface area contributed by atoms with Gasteiger partial charge in [-0.3, -0.25) is 14.5 Å². The summed E-state index contributed by atoms with van der Waals surface area (Å²) >= 11 is 0. The summed E-state index contributed by atoms with van der Waals surface area (Å²) in [5.74, 6) is 0.646. The van der Waals surface area contributed by atoms with Crippen molar-refractivity contribution in [2.24, 2.45) is 12.8 Å². The monoisotopic (exact) mass is 465 g/mol. The van der Waals surface area contributed by atoms with Gasteiger partial charge >= 0.3 is 0 Å². The molecule has 6 rings (SSSR count). The van der Waals surface area contributed by atoms with Crippen molar-refractivity contribution in [3.63, 3.8) is 0 Å². The van der Waals surface area contributed by atoms with Crippen molar-refractivity contribution in [3.05, 3.63) is 72.6 Å². The SMILES string of the molecule is Cn1ncc2ccc(-c3cc4nccc(-c5cccc(C(=O)N[C@@H]6CCCC[C@@H]6N)c5)c4o3)cc21. The number of carbonyl (C=O) groups is 1. The summed E-state index contributed by atoms with van der Waals surface area (Å²) in [6.45, 7) is 0. The van der Waals surface area contributed by atoms with E-state index in [4.69, 9.17) is 10.2 Å². The minimum Gasteiger partial charge on any atom is -0.454 e. The molecule has 3 N–H and O–H groups in total. The number of pyridine rings is 1. The highest BCUT2D eigenvalue weighted by atomic mass is 16.3. The van der Waals surface area contributed by atoms with Gasteiger partial charge in [0.25, 0.3) is 5.91 Å². The lowest BCUT2D eigenvalue weighted by atomic mass is 9.91. The molecule has 0 bridgehead atoms. The number of nitrogens with one attached hydrogen (secondary N) is 1. The molecule has 7 heteroatoms. The third-order valence-electron chi connectivity index (χ3n) is 7.02. The lowest BCUT2D eigenvalue weighted by molar-refractivity contribution is 0.0921. The number of hydrogen-bond donors (Lipinski definition) is 2. The molecule has 1 saturated carbocycles. The van der Waals surface area contributed by atoms with Crippen LogP contribution < -0.4 is 11.1 Å². The van der Waals surface area contributed by atoms with E-state index in [1.807, 2.05) is 66.5 Å². The maximum Gasteiger partial charge on any atom is 0.251 e. The van der Waals surface area contributed by atoms with Crippen LogP contribution in [0.2, 0.25) is 0 Å². The number of rotatable bonds is 4. The van der Waals surface area contributed by atoms with Gasteiger partial charge in [-0.2, -0.15) is 5.10 Å². The van der Waals surface area contributed by atoms with Crippen molar-refractivity contribution >= 4 is 27.9 Å². The molecule has 5 aromatic rings. The number of hydrogen-bond acceptors (Lipinski definition) is 5. The zero-order chi connectivity index (χ0) is 23.9. The largest absolute Gasteiger partial charge is 0.454 e. The Morgan fingerprint density at radius 1 is 1.09 bits per heavy atom. The van der Waals surface area contributed by atoms with Crippen LogP contribution in [-0.4, -0.2) is 32.8 Å². The topological polar surface area (TPSA) is 99.0 Å². The zero-order valence-electron chi connectivity index (χ0n) is 19.6. The second kappa shape index (κ2) is 8.67. The highest BCUT2D eigenvalue weighted by molar-refractivity contribution is 5.98. The van der Waals surface area contributed by atoms with Crippen LogP contribution in [0.15, 0.2) is 71.4 Å². The average molecular weight is 466 g/mol. The van der Waals surface area contributed by atoms with E-state index in [2.05, 4.69) is 21.5 Å². The van der Waals surface area contributed by atoms with E-state index in [1.165, 1.54) is 0 Å². The maximum atomic E-state index is 13.0. The molecule has 35 heavy (non-hydrogen) atoms. The van der Waals surface area contributed by atoms with Gasteiger partial charge < -0.3 is 15.5 Å². The molecule has 2 atom stereocenters. The molecule has 176 valence electrons. The highest BCUT2D eigenvalue weighted by Crippen LogP contribution is 2.34. The normalized spacial score (nSPS) is 18.2. The van der Waals surface area contributed by atoms with Crippen LogP contribution in [0.25, 0.3) is 44.5 Å². The van der Waals surface area contributed by atoms with Crippen molar-refractivity contribution in [3.8, 4) is 22.5 Å².